The Balaban J connectivity index is 5.40. The molecule has 0 rings (SSSR count). The fourth-order valence-corrected chi connectivity index (χ4v) is 1.66. The van der Waals surface area contributed by atoms with Gasteiger partial charge in [0.2, 0.25) is 5.78 Å². The van der Waals surface area contributed by atoms with Gasteiger partial charge in [0.1, 0.15) is 11.6 Å². The van der Waals surface area contributed by atoms with Gasteiger partial charge in [0.15, 0.2) is 5.78 Å². The standard InChI is InChI=1S/C11H16O6/c1-5(13)9(8(16)4-12)10(6(2)14)11(17)7(3)15/h8-10,12,16H,4H2,1-3H3. The van der Waals surface area contributed by atoms with Crippen molar-refractivity contribution in [3.8, 4) is 0 Å². The zero-order valence-corrected chi connectivity index (χ0v) is 9.97. The molecule has 0 fully saturated rings. The van der Waals surface area contributed by atoms with E-state index in [2.05, 4.69) is 0 Å². The lowest BCUT2D eigenvalue weighted by atomic mass is 9.79. The van der Waals surface area contributed by atoms with Crippen LogP contribution in [0.1, 0.15) is 20.8 Å². The Morgan fingerprint density at radius 1 is 1.00 bits per heavy atom. The van der Waals surface area contributed by atoms with Crippen molar-refractivity contribution in [3.63, 3.8) is 0 Å². The fraction of sp³-hybridized carbons (Fsp3) is 0.636. The molecule has 17 heavy (non-hydrogen) atoms. The van der Waals surface area contributed by atoms with E-state index in [0.29, 0.717) is 0 Å². The highest BCUT2D eigenvalue weighted by molar-refractivity contribution is 6.41. The first-order chi connectivity index (χ1) is 7.73. The molecule has 0 aromatic heterocycles. The first-order valence-corrected chi connectivity index (χ1v) is 5.08. The molecule has 0 heterocycles. The Labute approximate surface area is 98.6 Å². The molecule has 0 saturated carbocycles. The Kier molecular flexibility index (Phi) is 5.84. The molecule has 0 aliphatic carbocycles. The van der Waals surface area contributed by atoms with Crippen molar-refractivity contribution >= 4 is 23.1 Å². The average molecular weight is 244 g/mol. The van der Waals surface area contributed by atoms with Crippen LogP contribution < -0.4 is 0 Å². The van der Waals surface area contributed by atoms with E-state index in [1.165, 1.54) is 0 Å². The lowest BCUT2D eigenvalue weighted by molar-refractivity contribution is -0.148. The molecule has 0 aromatic carbocycles. The second-order valence-electron chi connectivity index (χ2n) is 3.90. The maximum absolute atomic E-state index is 11.5. The fourth-order valence-electron chi connectivity index (χ4n) is 1.66. The predicted octanol–water partition coefficient (Wildman–Crippen LogP) is -1.09. The Morgan fingerprint density at radius 3 is 1.71 bits per heavy atom. The number of ketones is 4. The van der Waals surface area contributed by atoms with E-state index in [9.17, 15) is 24.3 Å². The number of aliphatic hydroxyl groups is 2. The molecule has 0 amide bonds. The summed E-state index contributed by atoms with van der Waals surface area (Å²) >= 11 is 0. The van der Waals surface area contributed by atoms with Gasteiger partial charge >= 0.3 is 0 Å². The SMILES string of the molecule is CC(=O)C(=O)C(C(C)=O)C(C(C)=O)C(O)CO. The molecule has 0 saturated heterocycles. The van der Waals surface area contributed by atoms with Crippen LogP contribution in [0.25, 0.3) is 0 Å². The lowest BCUT2D eigenvalue weighted by Crippen LogP contribution is -2.44. The van der Waals surface area contributed by atoms with E-state index in [1.807, 2.05) is 0 Å². The maximum Gasteiger partial charge on any atom is 0.209 e. The first kappa shape index (κ1) is 15.6. The molecule has 96 valence electrons. The summed E-state index contributed by atoms with van der Waals surface area (Å²) in [7, 11) is 0. The number of carbonyl (C=O) groups is 4. The molecule has 0 aromatic rings. The van der Waals surface area contributed by atoms with Crippen LogP contribution in [-0.2, 0) is 19.2 Å². The molecule has 0 aliphatic rings. The summed E-state index contributed by atoms with van der Waals surface area (Å²) in [6.07, 6.45) is -1.54. The zero-order valence-electron chi connectivity index (χ0n) is 9.97. The van der Waals surface area contributed by atoms with Gasteiger partial charge in [0.05, 0.1) is 24.5 Å². The third-order valence-electron chi connectivity index (χ3n) is 2.50. The summed E-state index contributed by atoms with van der Waals surface area (Å²) in [4.78, 5) is 45.2. The zero-order chi connectivity index (χ0) is 13.7. The predicted molar refractivity (Wildman–Crippen MR) is 57.1 cm³/mol. The molecule has 3 atom stereocenters. The first-order valence-electron chi connectivity index (χ1n) is 5.08. The number of rotatable bonds is 7. The number of hydrogen-bond donors (Lipinski definition) is 2. The van der Waals surface area contributed by atoms with Crippen LogP contribution >= 0.6 is 0 Å². The Hall–Kier alpha value is -1.40. The van der Waals surface area contributed by atoms with Gasteiger partial charge in [-0.1, -0.05) is 0 Å². The van der Waals surface area contributed by atoms with Gasteiger partial charge < -0.3 is 10.2 Å². The van der Waals surface area contributed by atoms with Crippen molar-refractivity contribution in [2.75, 3.05) is 6.61 Å². The monoisotopic (exact) mass is 244 g/mol. The lowest BCUT2D eigenvalue weighted by Gasteiger charge is -2.24. The van der Waals surface area contributed by atoms with Crippen LogP contribution in [0.2, 0.25) is 0 Å². The maximum atomic E-state index is 11.5. The summed E-state index contributed by atoms with van der Waals surface area (Å²) in [6, 6.07) is 0. The van der Waals surface area contributed by atoms with Crippen molar-refractivity contribution in [1.82, 2.24) is 0 Å². The topological polar surface area (TPSA) is 109 Å². The molecular formula is C11H16O6. The number of aliphatic hydroxyl groups excluding tert-OH is 2. The molecule has 0 bridgehead atoms. The molecule has 6 heteroatoms. The van der Waals surface area contributed by atoms with Gasteiger partial charge in [0, 0.05) is 6.92 Å². The number of carbonyl (C=O) groups excluding carboxylic acids is 4. The molecule has 0 spiro atoms. The smallest absolute Gasteiger partial charge is 0.209 e. The largest absolute Gasteiger partial charge is 0.394 e. The van der Waals surface area contributed by atoms with Gasteiger partial charge in [0.25, 0.3) is 0 Å². The van der Waals surface area contributed by atoms with Crippen molar-refractivity contribution in [3.05, 3.63) is 0 Å². The molecule has 3 unspecified atom stereocenters. The summed E-state index contributed by atoms with van der Waals surface area (Å²) < 4.78 is 0. The van der Waals surface area contributed by atoms with E-state index in [4.69, 9.17) is 5.11 Å². The third kappa shape index (κ3) is 3.83. The van der Waals surface area contributed by atoms with Crippen LogP contribution in [0.4, 0.5) is 0 Å². The van der Waals surface area contributed by atoms with Gasteiger partial charge in [-0.15, -0.1) is 0 Å². The number of hydrogen-bond acceptors (Lipinski definition) is 6. The van der Waals surface area contributed by atoms with E-state index in [-0.39, 0.29) is 0 Å². The highest BCUT2D eigenvalue weighted by Crippen LogP contribution is 2.20. The quantitative estimate of drug-likeness (QED) is 0.435. The van der Waals surface area contributed by atoms with Gasteiger partial charge in [-0.05, 0) is 13.8 Å². The second-order valence-corrected chi connectivity index (χ2v) is 3.90. The van der Waals surface area contributed by atoms with Crippen molar-refractivity contribution in [2.24, 2.45) is 11.8 Å². The van der Waals surface area contributed by atoms with Crippen molar-refractivity contribution in [2.45, 2.75) is 26.9 Å². The number of Topliss-reactive ketones (excluding diaryl/α,β-unsaturated/α-hetero) is 4. The Bertz CT molecular complexity index is 346. The normalized spacial score (nSPS) is 15.8. The summed E-state index contributed by atoms with van der Waals surface area (Å²) in [5.74, 6) is -6.09. The van der Waals surface area contributed by atoms with Crippen molar-refractivity contribution in [1.29, 1.82) is 0 Å². The molecule has 0 aliphatic heterocycles. The average Bonchev–Trinajstić information content (AvgIpc) is 2.22. The summed E-state index contributed by atoms with van der Waals surface area (Å²) in [5, 5.41) is 18.2. The van der Waals surface area contributed by atoms with Gasteiger partial charge in [-0.2, -0.15) is 0 Å². The van der Waals surface area contributed by atoms with E-state index >= 15 is 0 Å². The van der Waals surface area contributed by atoms with Crippen LogP contribution in [0.15, 0.2) is 0 Å². The van der Waals surface area contributed by atoms with Crippen LogP contribution in [0.5, 0.6) is 0 Å². The van der Waals surface area contributed by atoms with Crippen LogP contribution in [-0.4, -0.2) is 46.1 Å². The minimum atomic E-state index is -1.54. The third-order valence-corrected chi connectivity index (χ3v) is 2.50. The summed E-state index contributed by atoms with van der Waals surface area (Å²) in [6.45, 7) is 2.37. The second kappa shape index (κ2) is 6.36. The molecular weight excluding hydrogens is 228 g/mol. The Morgan fingerprint density at radius 2 is 1.47 bits per heavy atom. The van der Waals surface area contributed by atoms with E-state index in [0.717, 1.165) is 20.8 Å². The van der Waals surface area contributed by atoms with E-state index < -0.39 is 47.7 Å². The molecule has 2 N–H and O–H groups in total. The molecule has 6 nitrogen and oxygen atoms in total. The summed E-state index contributed by atoms with van der Waals surface area (Å²) in [5.41, 5.74) is 0. The van der Waals surface area contributed by atoms with Crippen molar-refractivity contribution < 1.29 is 29.4 Å². The van der Waals surface area contributed by atoms with Crippen LogP contribution in [0.3, 0.4) is 0 Å². The highest BCUT2D eigenvalue weighted by atomic mass is 16.3. The van der Waals surface area contributed by atoms with Gasteiger partial charge in [-0.25, -0.2) is 0 Å². The minimum Gasteiger partial charge on any atom is -0.394 e. The molecule has 0 radical (unpaired) electrons. The highest BCUT2D eigenvalue weighted by Gasteiger charge is 2.40. The minimum absolute atomic E-state index is 0.624. The van der Waals surface area contributed by atoms with E-state index in [1.54, 1.807) is 0 Å². The van der Waals surface area contributed by atoms with Crippen LogP contribution in [0, 0.1) is 11.8 Å². The van der Waals surface area contributed by atoms with Gasteiger partial charge in [-0.3, -0.25) is 19.2 Å².